The van der Waals surface area contributed by atoms with Crippen LogP contribution in [0.3, 0.4) is 0 Å². The van der Waals surface area contributed by atoms with E-state index in [-0.39, 0.29) is 17.0 Å². The molecule has 1 aliphatic carbocycles. The first-order valence-electron chi connectivity index (χ1n) is 13.4. The number of methoxy groups -OCH3 is 1. The first kappa shape index (κ1) is 28.2. The summed E-state index contributed by atoms with van der Waals surface area (Å²) >= 11 is 12.3. The average Bonchev–Trinajstić information content (AvgIpc) is 2.95. The van der Waals surface area contributed by atoms with Gasteiger partial charge in [0.05, 0.1) is 17.7 Å². The quantitative estimate of drug-likeness (QED) is 0.341. The third kappa shape index (κ3) is 5.79. The average molecular weight is 590 g/mol. The van der Waals surface area contributed by atoms with Crippen LogP contribution in [0.25, 0.3) is 0 Å². The summed E-state index contributed by atoms with van der Waals surface area (Å²) in [6.07, 6.45) is 4.91. The van der Waals surface area contributed by atoms with E-state index in [2.05, 4.69) is 4.90 Å². The van der Waals surface area contributed by atoms with Gasteiger partial charge >= 0.3 is 0 Å². The van der Waals surface area contributed by atoms with Crippen LogP contribution in [0.1, 0.15) is 44.1 Å². The third-order valence-electron chi connectivity index (χ3n) is 8.15. The Morgan fingerprint density at radius 1 is 0.872 bits per heavy atom. The third-order valence-corrected chi connectivity index (χ3v) is 10.5. The maximum atomic E-state index is 14.0. The standard InChI is InChI=1S/C30H34Cl2N2O4S/c1-38-27-13-15-28(16-14-27)39(36,37)34(25-11-9-24(32)10-12-25)26-17-20-33(21-18-26)29-4-2-3-19-30(29,35)22-5-7-23(31)8-6-22/h5-16,26,29,35H,2-4,17-21H2,1H3. The van der Waals surface area contributed by atoms with E-state index < -0.39 is 15.6 Å². The lowest BCUT2D eigenvalue weighted by molar-refractivity contribution is -0.0849. The molecule has 5 rings (SSSR count). The van der Waals surface area contributed by atoms with Gasteiger partial charge in [-0.3, -0.25) is 9.21 Å². The molecule has 2 aliphatic rings. The lowest BCUT2D eigenvalue weighted by Gasteiger charge is -2.49. The van der Waals surface area contributed by atoms with Crippen molar-refractivity contribution in [3.63, 3.8) is 0 Å². The molecule has 0 amide bonds. The number of ether oxygens (including phenoxy) is 1. The van der Waals surface area contributed by atoms with Crippen molar-refractivity contribution >= 4 is 38.9 Å². The van der Waals surface area contributed by atoms with Crippen molar-refractivity contribution in [1.82, 2.24) is 4.90 Å². The number of halogens is 2. The van der Waals surface area contributed by atoms with Crippen molar-refractivity contribution in [2.75, 3.05) is 24.5 Å². The van der Waals surface area contributed by atoms with E-state index in [9.17, 15) is 13.5 Å². The maximum Gasteiger partial charge on any atom is 0.264 e. The van der Waals surface area contributed by atoms with E-state index in [1.54, 1.807) is 59.9 Å². The van der Waals surface area contributed by atoms with E-state index in [0.29, 0.717) is 53.8 Å². The largest absolute Gasteiger partial charge is 0.497 e. The molecule has 1 N–H and O–H groups in total. The number of anilines is 1. The van der Waals surface area contributed by atoms with Crippen LogP contribution < -0.4 is 9.04 Å². The van der Waals surface area contributed by atoms with Crippen molar-refractivity contribution in [3.05, 3.63) is 88.4 Å². The fourth-order valence-electron chi connectivity index (χ4n) is 6.12. The van der Waals surface area contributed by atoms with Gasteiger partial charge in [0.15, 0.2) is 0 Å². The molecule has 0 aromatic heterocycles. The van der Waals surface area contributed by atoms with Gasteiger partial charge in [-0.15, -0.1) is 0 Å². The van der Waals surface area contributed by atoms with Crippen LogP contribution in [0.2, 0.25) is 10.0 Å². The predicted octanol–water partition coefficient (Wildman–Crippen LogP) is 6.49. The normalized spacial score (nSPS) is 22.9. The van der Waals surface area contributed by atoms with E-state index in [4.69, 9.17) is 27.9 Å². The molecule has 6 nitrogen and oxygen atoms in total. The summed E-state index contributed by atoms with van der Waals surface area (Å²) < 4.78 is 34.8. The molecule has 2 atom stereocenters. The summed E-state index contributed by atoms with van der Waals surface area (Å²) in [5.41, 5.74) is 0.522. The Morgan fingerprint density at radius 3 is 2.05 bits per heavy atom. The topological polar surface area (TPSA) is 70.1 Å². The molecule has 2 unspecified atom stereocenters. The number of rotatable bonds is 7. The van der Waals surface area contributed by atoms with Gasteiger partial charge in [0.25, 0.3) is 10.0 Å². The number of hydrogen-bond acceptors (Lipinski definition) is 5. The summed E-state index contributed by atoms with van der Waals surface area (Å²) in [7, 11) is -2.30. The molecule has 1 heterocycles. The van der Waals surface area contributed by atoms with Crippen LogP contribution >= 0.6 is 23.2 Å². The van der Waals surface area contributed by atoms with Crippen LogP contribution in [-0.4, -0.2) is 50.7 Å². The lowest BCUT2D eigenvalue weighted by Crippen LogP contribution is -2.57. The van der Waals surface area contributed by atoms with Gasteiger partial charge < -0.3 is 9.84 Å². The molecular weight excluding hydrogens is 555 g/mol. The molecule has 39 heavy (non-hydrogen) atoms. The SMILES string of the molecule is COc1ccc(S(=O)(=O)N(c2ccc(Cl)cc2)C2CCN(C3CCCCC3(O)c3ccc(Cl)cc3)CC2)cc1. The predicted molar refractivity (Wildman–Crippen MR) is 156 cm³/mol. The maximum absolute atomic E-state index is 14.0. The van der Waals surface area contributed by atoms with Crippen LogP contribution in [0, 0.1) is 0 Å². The summed E-state index contributed by atoms with van der Waals surface area (Å²) in [6, 6.07) is 20.7. The zero-order valence-corrected chi connectivity index (χ0v) is 24.3. The van der Waals surface area contributed by atoms with Gasteiger partial charge in [0.2, 0.25) is 0 Å². The van der Waals surface area contributed by atoms with E-state index in [1.807, 2.05) is 24.3 Å². The number of benzene rings is 3. The van der Waals surface area contributed by atoms with Crippen LogP contribution in [0.4, 0.5) is 5.69 Å². The molecule has 208 valence electrons. The van der Waals surface area contributed by atoms with Crippen molar-refractivity contribution in [2.45, 2.75) is 61.1 Å². The molecule has 1 aliphatic heterocycles. The molecule has 9 heteroatoms. The van der Waals surface area contributed by atoms with Gasteiger partial charge in [0, 0.05) is 35.2 Å². The zero-order valence-electron chi connectivity index (χ0n) is 22.0. The van der Waals surface area contributed by atoms with Crippen LogP contribution in [0.5, 0.6) is 5.75 Å². The Bertz CT molecular complexity index is 1360. The fraction of sp³-hybridized carbons (Fsp3) is 0.400. The Labute approximate surface area is 241 Å². The van der Waals surface area contributed by atoms with Crippen molar-refractivity contribution in [3.8, 4) is 5.75 Å². The molecule has 2 fully saturated rings. The van der Waals surface area contributed by atoms with Crippen LogP contribution in [0.15, 0.2) is 77.7 Å². The molecule has 1 saturated carbocycles. The first-order chi connectivity index (χ1) is 18.7. The number of hydrogen-bond donors (Lipinski definition) is 1. The van der Waals surface area contributed by atoms with Gasteiger partial charge in [-0.2, -0.15) is 0 Å². The highest BCUT2D eigenvalue weighted by molar-refractivity contribution is 7.92. The highest BCUT2D eigenvalue weighted by Gasteiger charge is 2.45. The highest BCUT2D eigenvalue weighted by atomic mass is 35.5. The van der Waals surface area contributed by atoms with Gasteiger partial charge in [-0.25, -0.2) is 8.42 Å². The van der Waals surface area contributed by atoms with Crippen LogP contribution in [-0.2, 0) is 15.6 Å². The van der Waals surface area contributed by atoms with Crippen molar-refractivity contribution < 1.29 is 18.3 Å². The summed E-state index contributed by atoms with van der Waals surface area (Å²) in [4.78, 5) is 2.56. The van der Waals surface area contributed by atoms with Gasteiger partial charge in [-0.05, 0) is 91.9 Å². The number of sulfonamides is 1. The number of nitrogens with zero attached hydrogens (tertiary/aromatic N) is 2. The minimum Gasteiger partial charge on any atom is -0.497 e. The monoisotopic (exact) mass is 588 g/mol. The zero-order chi connectivity index (χ0) is 27.6. The van der Waals surface area contributed by atoms with E-state index >= 15 is 0 Å². The van der Waals surface area contributed by atoms with E-state index in [0.717, 1.165) is 24.8 Å². The highest BCUT2D eigenvalue weighted by Crippen LogP contribution is 2.42. The summed E-state index contributed by atoms with van der Waals surface area (Å²) in [5.74, 6) is 0.598. The number of aliphatic hydroxyl groups is 1. The number of piperidine rings is 1. The second-order valence-electron chi connectivity index (χ2n) is 10.4. The summed E-state index contributed by atoms with van der Waals surface area (Å²) in [6.45, 7) is 1.38. The van der Waals surface area contributed by atoms with Gasteiger partial charge in [-0.1, -0.05) is 48.2 Å². The Balaban J connectivity index is 1.40. The minimum absolute atomic E-state index is 0.0319. The first-order valence-corrected chi connectivity index (χ1v) is 15.6. The fourth-order valence-corrected chi connectivity index (χ4v) is 8.09. The number of likely N-dealkylation sites (tertiary alicyclic amines) is 1. The molecule has 3 aromatic rings. The minimum atomic E-state index is -3.85. The molecule has 0 radical (unpaired) electrons. The molecule has 1 saturated heterocycles. The Morgan fingerprint density at radius 2 is 1.46 bits per heavy atom. The smallest absolute Gasteiger partial charge is 0.264 e. The molecule has 3 aromatic carbocycles. The lowest BCUT2D eigenvalue weighted by atomic mass is 9.74. The van der Waals surface area contributed by atoms with Crippen molar-refractivity contribution in [2.24, 2.45) is 0 Å². The summed E-state index contributed by atoms with van der Waals surface area (Å²) in [5, 5.41) is 13.1. The molecule has 0 spiro atoms. The second kappa shape index (κ2) is 11.7. The Kier molecular flexibility index (Phi) is 8.45. The van der Waals surface area contributed by atoms with Crippen molar-refractivity contribution in [1.29, 1.82) is 0 Å². The second-order valence-corrected chi connectivity index (χ2v) is 13.1. The van der Waals surface area contributed by atoms with Gasteiger partial charge in [0.1, 0.15) is 11.4 Å². The van der Waals surface area contributed by atoms with E-state index in [1.165, 1.54) is 0 Å². The molecular formula is C30H34Cl2N2O4S. The Hall–Kier alpha value is -2.29. The molecule has 0 bridgehead atoms.